The standard InChI is InChI=1S/C15H21NO5S/c1-4-16(11-7-8-22(18,19)10-11)15(17)13-6-5-12(20-2)9-14(13)21-3/h5-6,9,11H,4,7-8,10H2,1-3H3. The number of hydrogen-bond donors (Lipinski definition) is 0. The second-order valence-electron chi connectivity index (χ2n) is 5.21. The molecule has 1 aromatic carbocycles. The molecule has 1 unspecified atom stereocenters. The highest BCUT2D eigenvalue weighted by Crippen LogP contribution is 2.27. The van der Waals surface area contributed by atoms with Gasteiger partial charge in [-0.1, -0.05) is 0 Å². The van der Waals surface area contributed by atoms with E-state index in [1.807, 2.05) is 6.92 Å². The third-order valence-electron chi connectivity index (χ3n) is 3.89. The Bertz CT molecular complexity index is 656. The van der Waals surface area contributed by atoms with Crippen molar-refractivity contribution in [2.24, 2.45) is 0 Å². The van der Waals surface area contributed by atoms with E-state index in [0.717, 1.165) is 0 Å². The maximum Gasteiger partial charge on any atom is 0.257 e. The summed E-state index contributed by atoms with van der Waals surface area (Å²) >= 11 is 0. The molecule has 1 saturated heterocycles. The number of carbonyl (C=O) groups is 1. The van der Waals surface area contributed by atoms with E-state index >= 15 is 0 Å². The number of methoxy groups -OCH3 is 2. The molecule has 122 valence electrons. The van der Waals surface area contributed by atoms with Gasteiger partial charge in [-0.3, -0.25) is 4.79 Å². The number of carbonyl (C=O) groups excluding carboxylic acids is 1. The van der Waals surface area contributed by atoms with Crippen LogP contribution >= 0.6 is 0 Å². The second kappa shape index (κ2) is 6.56. The minimum absolute atomic E-state index is 0.0328. The maximum atomic E-state index is 12.8. The molecule has 0 bridgehead atoms. The predicted molar refractivity (Wildman–Crippen MR) is 83.3 cm³/mol. The highest BCUT2D eigenvalue weighted by atomic mass is 32.2. The summed E-state index contributed by atoms with van der Waals surface area (Å²) in [5.74, 6) is 0.972. The minimum Gasteiger partial charge on any atom is -0.497 e. The number of ether oxygens (including phenoxy) is 2. The Balaban J connectivity index is 2.29. The average molecular weight is 327 g/mol. The molecule has 0 N–H and O–H groups in total. The Morgan fingerprint density at radius 2 is 2.05 bits per heavy atom. The van der Waals surface area contributed by atoms with Gasteiger partial charge in [-0.05, 0) is 25.5 Å². The van der Waals surface area contributed by atoms with Gasteiger partial charge in [-0.25, -0.2) is 8.42 Å². The summed E-state index contributed by atoms with van der Waals surface area (Å²) in [6.07, 6.45) is 0.486. The zero-order valence-corrected chi connectivity index (χ0v) is 13.9. The number of benzene rings is 1. The van der Waals surface area contributed by atoms with Crippen molar-refractivity contribution >= 4 is 15.7 Å². The number of rotatable bonds is 5. The van der Waals surface area contributed by atoms with Crippen molar-refractivity contribution in [1.82, 2.24) is 4.90 Å². The topological polar surface area (TPSA) is 72.9 Å². The van der Waals surface area contributed by atoms with Crippen LogP contribution < -0.4 is 9.47 Å². The smallest absolute Gasteiger partial charge is 0.257 e. The summed E-state index contributed by atoms with van der Waals surface area (Å²) in [4.78, 5) is 14.4. The van der Waals surface area contributed by atoms with Crippen LogP contribution in [0.1, 0.15) is 23.7 Å². The van der Waals surface area contributed by atoms with Crippen LogP contribution in [0.5, 0.6) is 11.5 Å². The van der Waals surface area contributed by atoms with Crippen molar-refractivity contribution in [1.29, 1.82) is 0 Å². The first-order chi connectivity index (χ1) is 10.4. The highest BCUT2D eigenvalue weighted by Gasteiger charge is 2.34. The average Bonchev–Trinajstić information content (AvgIpc) is 2.87. The van der Waals surface area contributed by atoms with Crippen LogP contribution in [0.3, 0.4) is 0 Å². The lowest BCUT2D eigenvalue weighted by Gasteiger charge is -2.27. The molecule has 0 aliphatic carbocycles. The fraction of sp³-hybridized carbons (Fsp3) is 0.533. The predicted octanol–water partition coefficient (Wildman–Crippen LogP) is 1.35. The molecule has 1 aromatic rings. The lowest BCUT2D eigenvalue weighted by atomic mass is 10.1. The van der Waals surface area contributed by atoms with Gasteiger partial charge in [0.15, 0.2) is 9.84 Å². The van der Waals surface area contributed by atoms with Gasteiger partial charge < -0.3 is 14.4 Å². The summed E-state index contributed by atoms with van der Waals surface area (Å²) in [6.45, 7) is 2.30. The maximum absolute atomic E-state index is 12.8. The van der Waals surface area contributed by atoms with E-state index in [-0.39, 0.29) is 23.5 Å². The number of hydrogen-bond acceptors (Lipinski definition) is 5. The largest absolute Gasteiger partial charge is 0.497 e. The molecule has 1 aliphatic rings. The van der Waals surface area contributed by atoms with Crippen molar-refractivity contribution in [3.63, 3.8) is 0 Å². The van der Waals surface area contributed by atoms with E-state index in [4.69, 9.17) is 9.47 Å². The SMILES string of the molecule is CCN(C(=O)c1ccc(OC)cc1OC)C1CCS(=O)(=O)C1. The van der Waals surface area contributed by atoms with E-state index in [9.17, 15) is 13.2 Å². The van der Waals surface area contributed by atoms with Gasteiger partial charge in [0.1, 0.15) is 11.5 Å². The lowest BCUT2D eigenvalue weighted by molar-refractivity contribution is 0.0705. The molecular formula is C15H21NO5S. The van der Waals surface area contributed by atoms with E-state index in [0.29, 0.717) is 30.0 Å². The van der Waals surface area contributed by atoms with Crippen LogP contribution in [0.25, 0.3) is 0 Å². The molecule has 2 rings (SSSR count). The molecule has 0 aromatic heterocycles. The minimum atomic E-state index is -3.04. The Kier molecular flexibility index (Phi) is 4.95. The summed E-state index contributed by atoms with van der Waals surface area (Å²) < 4.78 is 33.7. The van der Waals surface area contributed by atoms with Gasteiger partial charge in [0, 0.05) is 18.7 Å². The van der Waals surface area contributed by atoms with Gasteiger partial charge in [0.2, 0.25) is 0 Å². The quantitative estimate of drug-likeness (QED) is 0.816. The Morgan fingerprint density at radius 1 is 1.32 bits per heavy atom. The van der Waals surface area contributed by atoms with Crippen LogP contribution in [0.2, 0.25) is 0 Å². The van der Waals surface area contributed by atoms with Crippen molar-refractivity contribution in [3.05, 3.63) is 23.8 Å². The van der Waals surface area contributed by atoms with E-state index in [2.05, 4.69) is 0 Å². The molecule has 1 amide bonds. The van der Waals surface area contributed by atoms with Crippen LogP contribution in [0, 0.1) is 0 Å². The van der Waals surface area contributed by atoms with Gasteiger partial charge in [-0.15, -0.1) is 0 Å². The molecule has 1 aliphatic heterocycles. The Morgan fingerprint density at radius 3 is 2.55 bits per heavy atom. The first kappa shape index (κ1) is 16.6. The van der Waals surface area contributed by atoms with Crippen molar-refractivity contribution in [3.8, 4) is 11.5 Å². The number of nitrogens with zero attached hydrogens (tertiary/aromatic N) is 1. The summed E-state index contributed by atoms with van der Waals surface area (Å²) in [7, 11) is -0.0101. The molecular weight excluding hydrogens is 306 g/mol. The number of sulfone groups is 1. The first-order valence-corrected chi connectivity index (χ1v) is 8.97. The normalized spacial score (nSPS) is 19.7. The number of amides is 1. The van der Waals surface area contributed by atoms with Crippen LogP contribution in [-0.4, -0.2) is 57.5 Å². The van der Waals surface area contributed by atoms with Gasteiger partial charge in [-0.2, -0.15) is 0 Å². The molecule has 0 radical (unpaired) electrons. The third kappa shape index (κ3) is 3.35. The van der Waals surface area contributed by atoms with Crippen molar-refractivity contribution < 1.29 is 22.7 Å². The van der Waals surface area contributed by atoms with Gasteiger partial charge in [0.25, 0.3) is 5.91 Å². The molecule has 6 nitrogen and oxygen atoms in total. The van der Waals surface area contributed by atoms with Gasteiger partial charge in [0.05, 0.1) is 31.3 Å². The Hall–Kier alpha value is -1.76. The van der Waals surface area contributed by atoms with E-state index < -0.39 is 9.84 Å². The van der Waals surface area contributed by atoms with Crippen LogP contribution in [0.15, 0.2) is 18.2 Å². The molecule has 0 saturated carbocycles. The fourth-order valence-corrected chi connectivity index (χ4v) is 4.45. The molecule has 1 fully saturated rings. The van der Waals surface area contributed by atoms with Crippen molar-refractivity contribution in [2.75, 3.05) is 32.3 Å². The monoisotopic (exact) mass is 327 g/mol. The zero-order chi connectivity index (χ0) is 16.3. The molecule has 7 heteroatoms. The molecule has 1 atom stereocenters. The Labute approximate surface area is 130 Å². The van der Waals surface area contributed by atoms with Gasteiger partial charge >= 0.3 is 0 Å². The fourth-order valence-electron chi connectivity index (χ4n) is 2.72. The van der Waals surface area contributed by atoms with Crippen molar-refractivity contribution in [2.45, 2.75) is 19.4 Å². The van der Waals surface area contributed by atoms with Crippen LogP contribution in [0.4, 0.5) is 0 Å². The van der Waals surface area contributed by atoms with E-state index in [1.54, 1.807) is 23.1 Å². The summed E-state index contributed by atoms with van der Waals surface area (Å²) in [5, 5.41) is 0. The molecule has 0 spiro atoms. The zero-order valence-electron chi connectivity index (χ0n) is 13.0. The molecule has 1 heterocycles. The highest BCUT2D eigenvalue weighted by molar-refractivity contribution is 7.91. The second-order valence-corrected chi connectivity index (χ2v) is 7.44. The first-order valence-electron chi connectivity index (χ1n) is 7.15. The van der Waals surface area contributed by atoms with E-state index in [1.165, 1.54) is 14.2 Å². The summed E-state index contributed by atoms with van der Waals surface area (Å²) in [5.41, 5.74) is 0.412. The molecule has 22 heavy (non-hydrogen) atoms. The lowest BCUT2D eigenvalue weighted by Crippen LogP contribution is -2.41. The third-order valence-corrected chi connectivity index (χ3v) is 5.64. The van der Waals surface area contributed by atoms with Crippen LogP contribution in [-0.2, 0) is 9.84 Å². The summed E-state index contributed by atoms with van der Waals surface area (Å²) in [6, 6.07) is 4.71.